The summed E-state index contributed by atoms with van der Waals surface area (Å²) in [5.41, 5.74) is 0.885. The van der Waals surface area contributed by atoms with E-state index in [1.54, 1.807) is 0 Å². The Labute approximate surface area is 125 Å². The van der Waals surface area contributed by atoms with Crippen LogP contribution in [0.15, 0.2) is 42.5 Å². The predicted octanol–water partition coefficient (Wildman–Crippen LogP) is 3.31. The maximum absolute atomic E-state index is 12.7. The molecule has 6 heteroatoms. The van der Waals surface area contributed by atoms with Crippen LogP contribution in [0.1, 0.15) is 10.4 Å². The molecule has 0 radical (unpaired) electrons. The molecule has 0 unspecified atom stereocenters. The molecule has 4 nitrogen and oxygen atoms in total. The van der Waals surface area contributed by atoms with Crippen molar-refractivity contribution >= 4 is 29.5 Å². The zero-order chi connectivity index (χ0) is 15.2. The lowest BCUT2D eigenvalue weighted by Gasteiger charge is -2.09. The Bertz CT molecular complexity index is 658. The van der Waals surface area contributed by atoms with E-state index < -0.39 is 5.91 Å². The van der Waals surface area contributed by atoms with Gasteiger partial charge in [0, 0.05) is 11.3 Å². The van der Waals surface area contributed by atoms with Gasteiger partial charge < -0.3 is 10.1 Å². The van der Waals surface area contributed by atoms with Crippen LogP contribution in [0.4, 0.5) is 10.1 Å². The topological polar surface area (TPSA) is 55.4 Å². The van der Waals surface area contributed by atoms with Crippen LogP contribution in [0.3, 0.4) is 0 Å². The van der Waals surface area contributed by atoms with Crippen LogP contribution in [0.2, 0.25) is 5.02 Å². The molecule has 1 N–H and O–H groups in total. The molecule has 2 rings (SSSR count). The van der Waals surface area contributed by atoms with Crippen LogP contribution >= 0.6 is 11.6 Å². The van der Waals surface area contributed by atoms with Gasteiger partial charge >= 0.3 is 0 Å². The third-order valence-electron chi connectivity index (χ3n) is 2.58. The number of hydrogen-bond donors (Lipinski definition) is 1. The van der Waals surface area contributed by atoms with E-state index in [1.807, 2.05) is 0 Å². The second-order valence-corrected chi connectivity index (χ2v) is 4.56. The van der Waals surface area contributed by atoms with Gasteiger partial charge in [-0.05, 0) is 42.5 Å². The minimum Gasteiger partial charge on any atom is -0.482 e. The van der Waals surface area contributed by atoms with Crippen molar-refractivity contribution in [1.29, 1.82) is 0 Å². The summed E-state index contributed by atoms with van der Waals surface area (Å²) in [6.45, 7) is -0.252. The monoisotopic (exact) mass is 307 g/mol. The number of ether oxygens (including phenoxy) is 1. The number of halogens is 2. The summed E-state index contributed by atoms with van der Waals surface area (Å²) in [6, 6.07) is 9.86. The van der Waals surface area contributed by atoms with E-state index in [-0.39, 0.29) is 17.4 Å². The summed E-state index contributed by atoms with van der Waals surface area (Å²) in [4.78, 5) is 22.2. The molecule has 0 heterocycles. The molecule has 21 heavy (non-hydrogen) atoms. The first kappa shape index (κ1) is 15.0. The fourth-order valence-electron chi connectivity index (χ4n) is 1.58. The lowest BCUT2D eigenvalue weighted by Crippen LogP contribution is -2.20. The molecule has 0 fully saturated rings. The third kappa shape index (κ3) is 4.29. The summed E-state index contributed by atoms with van der Waals surface area (Å²) in [5.74, 6) is -0.486. The minimum absolute atomic E-state index is 0.245. The molecule has 0 atom stereocenters. The van der Waals surface area contributed by atoms with E-state index in [4.69, 9.17) is 16.3 Å². The van der Waals surface area contributed by atoms with E-state index in [0.29, 0.717) is 23.3 Å². The number of amides is 1. The Morgan fingerprint density at radius 1 is 1.24 bits per heavy atom. The zero-order valence-electron chi connectivity index (χ0n) is 10.8. The Balaban J connectivity index is 1.92. The number of rotatable bonds is 5. The maximum atomic E-state index is 12.7. The molecule has 0 saturated carbocycles. The van der Waals surface area contributed by atoms with Crippen LogP contribution < -0.4 is 10.1 Å². The Hall–Kier alpha value is -2.40. The average molecular weight is 308 g/mol. The predicted molar refractivity (Wildman–Crippen MR) is 77.4 cm³/mol. The summed E-state index contributed by atoms with van der Waals surface area (Å²) in [5, 5.41) is 2.80. The van der Waals surface area contributed by atoms with Crippen molar-refractivity contribution in [2.75, 3.05) is 11.9 Å². The largest absolute Gasteiger partial charge is 0.482 e. The van der Waals surface area contributed by atoms with E-state index in [9.17, 15) is 14.0 Å². The minimum atomic E-state index is -0.405. The zero-order valence-corrected chi connectivity index (χ0v) is 11.6. The van der Waals surface area contributed by atoms with E-state index in [2.05, 4.69) is 5.32 Å². The molecule has 0 saturated heterocycles. The molecule has 0 aliphatic rings. The number of carbonyl (C=O) groups excluding carboxylic acids is 2. The van der Waals surface area contributed by atoms with Crippen molar-refractivity contribution in [3.8, 4) is 5.75 Å². The molecule has 0 aliphatic carbocycles. The number of aldehydes is 1. The van der Waals surface area contributed by atoms with E-state index >= 15 is 0 Å². The van der Waals surface area contributed by atoms with Gasteiger partial charge in [-0.2, -0.15) is 0 Å². The number of hydrogen-bond acceptors (Lipinski definition) is 3. The standard InChI is InChI=1S/C15H11ClFNO3/c16-13-7-10(8-19)1-6-14(13)21-9-15(20)18-12-4-2-11(17)3-5-12/h1-8H,9H2,(H,18,20). The second kappa shape index (κ2) is 6.85. The molecule has 0 bridgehead atoms. The van der Waals surface area contributed by atoms with Crippen LogP contribution in [0.5, 0.6) is 5.75 Å². The smallest absolute Gasteiger partial charge is 0.262 e. The first-order valence-corrected chi connectivity index (χ1v) is 6.39. The quantitative estimate of drug-likeness (QED) is 0.862. The molecule has 0 aliphatic heterocycles. The van der Waals surface area contributed by atoms with Gasteiger partial charge in [0.1, 0.15) is 17.9 Å². The average Bonchev–Trinajstić information content (AvgIpc) is 2.48. The fourth-order valence-corrected chi connectivity index (χ4v) is 1.82. The highest BCUT2D eigenvalue weighted by molar-refractivity contribution is 6.32. The molecule has 2 aromatic rings. The van der Waals surface area contributed by atoms with E-state index in [1.165, 1.54) is 42.5 Å². The number of nitrogens with one attached hydrogen (secondary N) is 1. The molecule has 0 spiro atoms. The summed E-state index contributed by atoms with van der Waals surface area (Å²) >= 11 is 5.91. The number of anilines is 1. The number of carbonyl (C=O) groups is 2. The first-order valence-electron chi connectivity index (χ1n) is 6.01. The molecule has 108 valence electrons. The van der Waals surface area contributed by atoms with Gasteiger partial charge in [-0.25, -0.2) is 4.39 Å². The van der Waals surface area contributed by atoms with Gasteiger partial charge in [-0.1, -0.05) is 11.6 Å². The Kier molecular flexibility index (Phi) is 4.90. The van der Waals surface area contributed by atoms with Crippen LogP contribution in [-0.4, -0.2) is 18.8 Å². The van der Waals surface area contributed by atoms with Crippen molar-refractivity contribution in [3.05, 3.63) is 58.9 Å². The summed E-state index contributed by atoms with van der Waals surface area (Å²) in [7, 11) is 0. The lowest BCUT2D eigenvalue weighted by molar-refractivity contribution is -0.118. The summed E-state index contributed by atoms with van der Waals surface area (Å²) in [6.07, 6.45) is 0.664. The SMILES string of the molecule is O=Cc1ccc(OCC(=O)Nc2ccc(F)cc2)c(Cl)c1. The van der Waals surface area contributed by atoms with Gasteiger partial charge in [0.05, 0.1) is 5.02 Å². The lowest BCUT2D eigenvalue weighted by atomic mass is 10.2. The normalized spacial score (nSPS) is 10.0. The molecule has 1 amide bonds. The Morgan fingerprint density at radius 2 is 1.95 bits per heavy atom. The van der Waals surface area contributed by atoms with Gasteiger partial charge in [0.2, 0.25) is 0 Å². The fraction of sp³-hybridized carbons (Fsp3) is 0.0667. The molecular weight excluding hydrogens is 297 g/mol. The van der Waals surface area contributed by atoms with Crippen molar-refractivity contribution in [2.45, 2.75) is 0 Å². The molecular formula is C15H11ClFNO3. The summed E-state index contributed by atoms with van der Waals surface area (Å²) < 4.78 is 18.0. The van der Waals surface area contributed by atoms with Crippen LogP contribution in [-0.2, 0) is 4.79 Å². The van der Waals surface area contributed by atoms with Crippen molar-refractivity contribution < 1.29 is 18.7 Å². The third-order valence-corrected chi connectivity index (χ3v) is 2.87. The van der Waals surface area contributed by atoms with Gasteiger partial charge in [-0.3, -0.25) is 9.59 Å². The van der Waals surface area contributed by atoms with Gasteiger partial charge in [0.15, 0.2) is 6.61 Å². The highest BCUT2D eigenvalue weighted by atomic mass is 35.5. The molecule has 0 aromatic heterocycles. The van der Waals surface area contributed by atoms with Crippen molar-refractivity contribution in [3.63, 3.8) is 0 Å². The maximum Gasteiger partial charge on any atom is 0.262 e. The molecule has 2 aromatic carbocycles. The van der Waals surface area contributed by atoms with E-state index in [0.717, 1.165) is 0 Å². The highest BCUT2D eigenvalue weighted by Gasteiger charge is 2.07. The van der Waals surface area contributed by atoms with Crippen molar-refractivity contribution in [1.82, 2.24) is 0 Å². The first-order chi connectivity index (χ1) is 10.1. The van der Waals surface area contributed by atoms with Gasteiger partial charge in [0.25, 0.3) is 5.91 Å². The second-order valence-electron chi connectivity index (χ2n) is 4.15. The Morgan fingerprint density at radius 3 is 2.57 bits per heavy atom. The van der Waals surface area contributed by atoms with Gasteiger partial charge in [-0.15, -0.1) is 0 Å². The van der Waals surface area contributed by atoms with Crippen LogP contribution in [0.25, 0.3) is 0 Å². The van der Waals surface area contributed by atoms with Crippen LogP contribution in [0, 0.1) is 5.82 Å². The number of benzene rings is 2. The van der Waals surface area contributed by atoms with Crippen molar-refractivity contribution in [2.24, 2.45) is 0 Å². The highest BCUT2D eigenvalue weighted by Crippen LogP contribution is 2.24.